The van der Waals surface area contributed by atoms with Crippen LogP contribution in [-0.2, 0) is 4.79 Å². The molecule has 0 amide bonds. The number of benzene rings is 2. The van der Waals surface area contributed by atoms with E-state index in [0.29, 0.717) is 46.6 Å². The van der Waals surface area contributed by atoms with Crippen molar-refractivity contribution in [3.05, 3.63) is 63.2 Å². The fourth-order valence-electron chi connectivity index (χ4n) is 4.48. The third-order valence-electron chi connectivity index (χ3n) is 6.51. The summed E-state index contributed by atoms with van der Waals surface area (Å²) in [6.07, 6.45) is 5.43. The van der Waals surface area contributed by atoms with Crippen molar-refractivity contribution >= 4 is 39.9 Å². The van der Waals surface area contributed by atoms with Gasteiger partial charge in [0.1, 0.15) is 0 Å². The lowest BCUT2D eigenvalue weighted by molar-refractivity contribution is -0.142. The van der Waals surface area contributed by atoms with Crippen LogP contribution in [0.3, 0.4) is 0 Å². The van der Waals surface area contributed by atoms with Crippen LogP contribution in [0.4, 0.5) is 5.69 Å². The standard InChI is InChI=1S/C26H28ClN3O4/c1-3-4-5-6-7-16(26(33)34)12-13-29(2)18-9-10-19-21(15-18)28-24-23(31)20-14-17(27)8-11-22(20)30(24)25(19)32/h8-11,14-16H,3-7,12-13H2,1-2H3,(H,33,34). The summed E-state index contributed by atoms with van der Waals surface area (Å²) >= 11 is 6.04. The van der Waals surface area contributed by atoms with E-state index in [-0.39, 0.29) is 23.1 Å². The summed E-state index contributed by atoms with van der Waals surface area (Å²) in [6.45, 7) is 2.69. The number of carboxylic acids is 1. The zero-order valence-electron chi connectivity index (χ0n) is 19.4. The van der Waals surface area contributed by atoms with Crippen LogP contribution in [0.5, 0.6) is 0 Å². The fraction of sp³-hybridized carbons (Fsp3) is 0.385. The van der Waals surface area contributed by atoms with Gasteiger partial charge in [-0.25, -0.2) is 4.98 Å². The number of rotatable bonds is 10. The Bertz CT molecular complexity index is 1320. The summed E-state index contributed by atoms with van der Waals surface area (Å²) in [7, 11) is 1.89. The number of hydrogen-bond acceptors (Lipinski definition) is 5. The molecule has 0 spiro atoms. The van der Waals surface area contributed by atoms with Crippen molar-refractivity contribution in [1.82, 2.24) is 9.55 Å². The number of fused-ring (bicyclic) bond motifs is 4. The second-order valence-corrected chi connectivity index (χ2v) is 9.30. The van der Waals surface area contributed by atoms with Gasteiger partial charge in [-0.1, -0.05) is 44.2 Å². The van der Waals surface area contributed by atoms with E-state index < -0.39 is 5.97 Å². The molecule has 0 saturated carbocycles. The molecule has 34 heavy (non-hydrogen) atoms. The Kier molecular flexibility index (Phi) is 7.03. The maximum Gasteiger partial charge on any atom is 0.306 e. The summed E-state index contributed by atoms with van der Waals surface area (Å²) in [6, 6.07) is 10.2. The lowest BCUT2D eigenvalue weighted by Crippen LogP contribution is -2.25. The zero-order valence-corrected chi connectivity index (χ0v) is 20.1. The quantitative estimate of drug-likeness (QED) is 0.317. The number of carbonyl (C=O) groups excluding carboxylic acids is 1. The van der Waals surface area contributed by atoms with Crippen molar-refractivity contribution in [3.8, 4) is 5.69 Å². The average molecular weight is 482 g/mol. The Balaban J connectivity index is 1.56. The molecular weight excluding hydrogens is 454 g/mol. The minimum Gasteiger partial charge on any atom is -0.481 e. The molecule has 2 heterocycles. The molecule has 1 unspecified atom stereocenters. The molecule has 7 nitrogen and oxygen atoms in total. The van der Waals surface area contributed by atoms with Crippen molar-refractivity contribution in [2.24, 2.45) is 5.92 Å². The van der Waals surface area contributed by atoms with Gasteiger partial charge in [0, 0.05) is 24.3 Å². The second kappa shape index (κ2) is 9.97. The van der Waals surface area contributed by atoms with E-state index in [2.05, 4.69) is 11.9 Å². The molecule has 0 radical (unpaired) electrons. The average Bonchev–Trinajstić information content (AvgIpc) is 3.09. The Morgan fingerprint density at radius 3 is 2.65 bits per heavy atom. The van der Waals surface area contributed by atoms with Crippen LogP contribution in [0.2, 0.25) is 5.02 Å². The summed E-state index contributed by atoms with van der Waals surface area (Å²) in [5.74, 6) is -1.39. The van der Waals surface area contributed by atoms with E-state index in [0.717, 1.165) is 31.4 Å². The highest BCUT2D eigenvalue weighted by Gasteiger charge is 2.30. The van der Waals surface area contributed by atoms with E-state index >= 15 is 0 Å². The summed E-state index contributed by atoms with van der Waals surface area (Å²) in [5.41, 5.74) is 1.79. The molecule has 1 aromatic heterocycles. The molecular formula is C26H28ClN3O4. The molecule has 0 aliphatic carbocycles. The molecule has 1 N–H and O–H groups in total. The number of aromatic nitrogens is 2. The van der Waals surface area contributed by atoms with Crippen molar-refractivity contribution in [2.75, 3.05) is 18.5 Å². The molecule has 1 aliphatic rings. The highest BCUT2D eigenvalue weighted by molar-refractivity contribution is 6.31. The van der Waals surface area contributed by atoms with Crippen LogP contribution in [0.15, 0.2) is 41.2 Å². The van der Waals surface area contributed by atoms with Gasteiger partial charge < -0.3 is 10.0 Å². The van der Waals surface area contributed by atoms with Gasteiger partial charge in [0.25, 0.3) is 5.56 Å². The molecule has 0 bridgehead atoms. The number of aliphatic carboxylic acids is 1. The zero-order chi connectivity index (χ0) is 24.4. The minimum atomic E-state index is -0.758. The monoisotopic (exact) mass is 481 g/mol. The SMILES string of the molecule is CCCCCCC(CCN(C)c1ccc2c(=O)n3c(nc2c1)C(=O)c1cc(Cl)ccc1-3)C(=O)O. The van der Waals surface area contributed by atoms with E-state index in [1.165, 1.54) is 4.57 Å². The molecule has 0 fully saturated rings. The van der Waals surface area contributed by atoms with Gasteiger partial charge in [0.05, 0.1) is 28.1 Å². The molecule has 4 rings (SSSR count). The number of unbranched alkanes of at least 4 members (excludes halogenated alkanes) is 3. The van der Waals surface area contributed by atoms with E-state index in [1.807, 2.05) is 18.0 Å². The predicted molar refractivity (Wildman–Crippen MR) is 134 cm³/mol. The third-order valence-corrected chi connectivity index (χ3v) is 6.74. The van der Waals surface area contributed by atoms with Gasteiger partial charge in [0.15, 0.2) is 5.82 Å². The third kappa shape index (κ3) is 4.57. The maximum atomic E-state index is 13.2. The number of carboxylic acid groups (broad SMARTS) is 1. The summed E-state index contributed by atoms with van der Waals surface area (Å²) in [4.78, 5) is 44.2. The molecule has 8 heteroatoms. The van der Waals surface area contributed by atoms with Crippen LogP contribution in [0.1, 0.15) is 61.6 Å². The Hall–Kier alpha value is -3.19. The number of hydrogen-bond donors (Lipinski definition) is 1. The van der Waals surface area contributed by atoms with Gasteiger partial charge in [-0.3, -0.25) is 19.0 Å². The van der Waals surface area contributed by atoms with Crippen molar-refractivity contribution in [2.45, 2.75) is 45.4 Å². The fourth-order valence-corrected chi connectivity index (χ4v) is 4.65. The number of halogens is 1. The van der Waals surface area contributed by atoms with Crippen molar-refractivity contribution < 1.29 is 14.7 Å². The van der Waals surface area contributed by atoms with Gasteiger partial charge >= 0.3 is 5.97 Å². The second-order valence-electron chi connectivity index (χ2n) is 8.86. The predicted octanol–water partition coefficient (Wildman–Crippen LogP) is 5.08. The first kappa shape index (κ1) is 24.0. The Morgan fingerprint density at radius 1 is 1.12 bits per heavy atom. The van der Waals surface area contributed by atoms with Crippen LogP contribution < -0.4 is 10.5 Å². The topological polar surface area (TPSA) is 92.5 Å². The highest BCUT2D eigenvalue weighted by atomic mass is 35.5. The van der Waals surface area contributed by atoms with Crippen molar-refractivity contribution in [3.63, 3.8) is 0 Å². The smallest absolute Gasteiger partial charge is 0.306 e. The first-order valence-corrected chi connectivity index (χ1v) is 12.0. The van der Waals surface area contributed by atoms with Gasteiger partial charge in [-0.05, 0) is 49.2 Å². The largest absolute Gasteiger partial charge is 0.481 e. The summed E-state index contributed by atoms with van der Waals surface area (Å²) in [5, 5.41) is 10.4. The van der Waals surface area contributed by atoms with Gasteiger partial charge in [-0.15, -0.1) is 0 Å². The number of ketones is 1. The van der Waals surface area contributed by atoms with Crippen molar-refractivity contribution in [1.29, 1.82) is 0 Å². The van der Waals surface area contributed by atoms with E-state index in [4.69, 9.17) is 11.6 Å². The molecule has 178 valence electrons. The van der Waals surface area contributed by atoms with E-state index in [9.17, 15) is 19.5 Å². The normalized spacial score (nSPS) is 13.1. The molecule has 1 atom stereocenters. The van der Waals surface area contributed by atoms with E-state index in [1.54, 1.807) is 30.3 Å². The Morgan fingerprint density at radius 2 is 1.91 bits per heavy atom. The minimum absolute atomic E-state index is 0.0765. The van der Waals surface area contributed by atoms with Crippen LogP contribution in [-0.4, -0.2) is 40.0 Å². The maximum absolute atomic E-state index is 13.2. The number of nitrogens with zero attached hydrogens (tertiary/aromatic N) is 3. The highest BCUT2D eigenvalue weighted by Crippen LogP contribution is 2.29. The van der Waals surface area contributed by atoms with Gasteiger partial charge in [0.2, 0.25) is 5.78 Å². The lowest BCUT2D eigenvalue weighted by atomic mass is 9.97. The molecule has 1 aliphatic heterocycles. The first-order valence-electron chi connectivity index (χ1n) is 11.7. The number of anilines is 1. The Labute approximate surface area is 203 Å². The molecule has 3 aromatic rings. The molecule has 0 saturated heterocycles. The van der Waals surface area contributed by atoms with Crippen LogP contribution in [0, 0.1) is 5.92 Å². The molecule has 2 aromatic carbocycles. The lowest BCUT2D eigenvalue weighted by Gasteiger charge is -2.22. The number of carbonyl (C=O) groups is 2. The van der Waals surface area contributed by atoms with Crippen LogP contribution >= 0.6 is 11.6 Å². The first-order chi connectivity index (χ1) is 16.3. The van der Waals surface area contributed by atoms with Crippen LogP contribution in [0.25, 0.3) is 16.6 Å². The summed E-state index contributed by atoms with van der Waals surface area (Å²) < 4.78 is 1.34. The van der Waals surface area contributed by atoms with Gasteiger partial charge in [-0.2, -0.15) is 0 Å².